The lowest BCUT2D eigenvalue weighted by Gasteiger charge is -2.36. The van der Waals surface area contributed by atoms with Crippen LogP contribution in [-0.4, -0.2) is 52.1 Å². The number of hydrogen-bond donors (Lipinski definition) is 0. The van der Waals surface area contributed by atoms with E-state index in [0.29, 0.717) is 36.1 Å². The first kappa shape index (κ1) is 27.8. The molecule has 1 fully saturated rings. The second-order valence-corrected chi connectivity index (χ2v) is 11.4. The molecule has 5 rings (SSSR count). The maximum atomic E-state index is 14.1. The third-order valence-electron chi connectivity index (χ3n) is 8.00. The summed E-state index contributed by atoms with van der Waals surface area (Å²) >= 11 is 0. The van der Waals surface area contributed by atoms with Gasteiger partial charge in [-0.2, -0.15) is 0 Å². The molecule has 1 aliphatic carbocycles. The highest BCUT2D eigenvalue weighted by Crippen LogP contribution is 2.33. The van der Waals surface area contributed by atoms with Gasteiger partial charge >= 0.3 is 0 Å². The molecule has 3 aromatic rings. The number of hydrogen-bond acceptors (Lipinski definition) is 4. The summed E-state index contributed by atoms with van der Waals surface area (Å²) in [6, 6.07) is 20.0. The van der Waals surface area contributed by atoms with Gasteiger partial charge in [0.05, 0.1) is 6.54 Å². The predicted molar refractivity (Wildman–Crippen MR) is 155 cm³/mol. The first-order valence-corrected chi connectivity index (χ1v) is 14.6. The molecule has 0 N–H and O–H groups in total. The van der Waals surface area contributed by atoms with Gasteiger partial charge in [-0.15, -0.1) is 0 Å². The van der Waals surface area contributed by atoms with Crippen LogP contribution < -0.4 is 9.47 Å². The SMILES string of the molecule is CC(C)CCN(CC(=O)N(Cc1cccn1Cc1ccccc1)C1CCCCC1)C(=O)c1ccc2c(c1)OCO2. The van der Waals surface area contributed by atoms with Gasteiger partial charge < -0.3 is 23.8 Å². The van der Waals surface area contributed by atoms with Crippen LogP contribution in [0.15, 0.2) is 66.9 Å². The van der Waals surface area contributed by atoms with E-state index in [4.69, 9.17) is 9.47 Å². The Kier molecular flexibility index (Phi) is 9.09. The Hall–Kier alpha value is -3.74. The molecule has 1 aromatic heterocycles. The summed E-state index contributed by atoms with van der Waals surface area (Å²) in [6.45, 7) is 6.33. The lowest BCUT2D eigenvalue weighted by atomic mass is 9.94. The zero-order valence-electron chi connectivity index (χ0n) is 23.8. The zero-order valence-corrected chi connectivity index (χ0v) is 23.8. The summed E-state index contributed by atoms with van der Waals surface area (Å²) in [6.07, 6.45) is 8.41. The molecule has 2 amide bonds. The first-order chi connectivity index (χ1) is 19.5. The van der Waals surface area contributed by atoms with Gasteiger partial charge in [0, 0.05) is 36.6 Å². The molecule has 7 heteroatoms. The fourth-order valence-electron chi connectivity index (χ4n) is 5.65. The van der Waals surface area contributed by atoms with Crippen molar-refractivity contribution in [2.75, 3.05) is 19.9 Å². The van der Waals surface area contributed by atoms with Crippen molar-refractivity contribution in [3.63, 3.8) is 0 Å². The molecular formula is C33H41N3O4. The number of carbonyl (C=O) groups is 2. The Labute approximate surface area is 237 Å². The second-order valence-electron chi connectivity index (χ2n) is 11.4. The number of amides is 2. The molecule has 2 heterocycles. The van der Waals surface area contributed by atoms with Crippen molar-refractivity contribution in [2.45, 2.75) is 71.5 Å². The van der Waals surface area contributed by atoms with E-state index in [1.807, 2.05) is 11.0 Å². The average molecular weight is 544 g/mol. The van der Waals surface area contributed by atoms with Gasteiger partial charge in [0.15, 0.2) is 11.5 Å². The van der Waals surface area contributed by atoms with Crippen LogP contribution in [-0.2, 0) is 17.9 Å². The van der Waals surface area contributed by atoms with Gasteiger partial charge in [0.25, 0.3) is 5.91 Å². The Bertz CT molecular complexity index is 1280. The summed E-state index contributed by atoms with van der Waals surface area (Å²) < 4.78 is 13.2. The number of rotatable bonds is 11. The third kappa shape index (κ3) is 6.87. The van der Waals surface area contributed by atoms with Crippen LogP contribution >= 0.6 is 0 Å². The number of nitrogens with zero attached hydrogens (tertiary/aromatic N) is 3. The van der Waals surface area contributed by atoms with E-state index in [-0.39, 0.29) is 31.2 Å². The van der Waals surface area contributed by atoms with Gasteiger partial charge in [0.2, 0.25) is 12.7 Å². The molecule has 2 aromatic carbocycles. The molecule has 1 saturated carbocycles. The molecule has 0 atom stereocenters. The quantitative estimate of drug-likeness (QED) is 0.293. The Morgan fingerprint density at radius 1 is 0.950 bits per heavy atom. The van der Waals surface area contributed by atoms with E-state index in [1.54, 1.807) is 23.1 Å². The third-order valence-corrected chi connectivity index (χ3v) is 8.00. The maximum absolute atomic E-state index is 14.1. The Morgan fingerprint density at radius 2 is 1.73 bits per heavy atom. The molecule has 0 radical (unpaired) electrons. The summed E-state index contributed by atoms with van der Waals surface area (Å²) in [5.74, 6) is 1.49. The molecule has 40 heavy (non-hydrogen) atoms. The van der Waals surface area contributed by atoms with Crippen LogP contribution in [0.4, 0.5) is 0 Å². The molecular weight excluding hydrogens is 502 g/mol. The molecule has 7 nitrogen and oxygen atoms in total. The molecule has 0 spiro atoms. The summed E-state index contributed by atoms with van der Waals surface area (Å²) in [5.41, 5.74) is 2.85. The minimum atomic E-state index is -0.150. The number of carbonyl (C=O) groups excluding carboxylic acids is 2. The van der Waals surface area contributed by atoms with Crippen molar-refractivity contribution < 1.29 is 19.1 Å². The standard InChI is InChI=1S/C33H41N3O4/c1-25(2)17-19-35(33(38)27-15-16-30-31(20-27)40-24-39-30)23-32(37)36(28-12-7-4-8-13-28)22-29-14-9-18-34(29)21-26-10-5-3-6-11-26/h3,5-6,9-11,14-16,18,20,25,28H,4,7-8,12-13,17,19,21-24H2,1-2H3. The highest BCUT2D eigenvalue weighted by Gasteiger charge is 2.30. The molecule has 212 valence electrons. The predicted octanol–water partition coefficient (Wildman–Crippen LogP) is 6.11. The van der Waals surface area contributed by atoms with Crippen molar-refractivity contribution >= 4 is 11.8 Å². The van der Waals surface area contributed by atoms with Gasteiger partial charge in [-0.05, 0) is 61.1 Å². The second kappa shape index (κ2) is 13.1. The van der Waals surface area contributed by atoms with E-state index in [0.717, 1.165) is 44.3 Å². The van der Waals surface area contributed by atoms with Gasteiger partial charge in [0.1, 0.15) is 6.54 Å². The van der Waals surface area contributed by atoms with E-state index in [2.05, 4.69) is 61.0 Å². The van der Waals surface area contributed by atoms with E-state index >= 15 is 0 Å². The van der Waals surface area contributed by atoms with E-state index in [9.17, 15) is 9.59 Å². The monoisotopic (exact) mass is 543 g/mol. The first-order valence-electron chi connectivity index (χ1n) is 14.6. The highest BCUT2D eigenvalue weighted by atomic mass is 16.7. The van der Waals surface area contributed by atoms with Crippen molar-refractivity contribution in [2.24, 2.45) is 5.92 Å². The number of fused-ring (bicyclic) bond motifs is 1. The van der Waals surface area contributed by atoms with Crippen molar-refractivity contribution in [3.05, 3.63) is 83.7 Å². The molecule has 0 saturated heterocycles. The average Bonchev–Trinajstić information content (AvgIpc) is 3.63. The highest BCUT2D eigenvalue weighted by molar-refractivity contribution is 5.97. The smallest absolute Gasteiger partial charge is 0.254 e. The van der Waals surface area contributed by atoms with E-state index in [1.165, 1.54) is 12.0 Å². The van der Waals surface area contributed by atoms with Crippen LogP contribution in [0.5, 0.6) is 11.5 Å². The van der Waals surface area contributed by atoms with Crippen LogP contribution in [0.25, 0.3) is 0 Å². The van der Waals surface area contributed by atoms with Crippen LogP contribution in [0.3, 0.4) is 0 Å². The minimum Gasteiger partial charge on any atom is -0.454 e. The molecule has 0 bridgehead atoms. The van der Waals surface area contributed by atoms with Crippen molar-refractivity contribution in [3.8, 4) is 11.5 Å². The Morgan fingerprint density at radius 3 is 2.50 bits per heavy atom. The van der Waals surface area contributed by atoms with Gasteiger partial charge in [-0.25, -0.2) is 0 Å². The normalized spacial score (nSPS) is 14.9. The molecule has 1 aliphatic heterocycles. The van der Waals surface area contributed by atoms with Gasteiger partial charge in [-0.1, -0.05) is 63.4 Å². The number of benzene rings is 2. The molecule has 0 unspecified atom stereocenters. The number of ether oxygens (including phenoxy) is 2. The van der Waals surface area contributed by atoms with Crippen LogP contribution in [0.2, 0.25) is 0 Å². The lowest BCUT2D eigenvalue weighted by molar-refractivity contribution is -0.135. The van der Waals surface area contributed by atoms with Crippen molar-refractivity contribution in [1.82, 2.24) is 14.4 Å². The number of aromatic nitrogens is 1. The molecule has 2 aliphatic rings. The Balaban J connectivity index is 1.36. The largest absolute Gasteiger partial charge is 0.454 e. The fourth-order valence-corrected chi connectivity index (χ4v) is 5.65. The van der Waals surface area contributed by atoms with Crippen LogP contribution in [0.1, 0.15) is 74.0 Å². The van der Waals surface area contributed by atoms with Gasteiger partial charge in [-0.3, -0.25) is 9.59 Å². The fraction of sp³-hybridized carbons (Fsp3) is 0.455. The summed E-state index contributed by atoms with van der Waals surface area (Å²) in [5, 5.41) is 0. The minimum absolute atomic E-state index is 0.0113. The zero-order chi connectivity index (χ0) is 27.9. The van der Waals surface area contributed by atoms with Crippen molar-refractivity contribution in [1.29, 1.82) is 0 Å². The summed E-state index contributed by atoms with van der Waals surface area (Å²) in [4.78, 5) is 31.6. The van der Waals surface area contributed by atoms with Crippen LogP contribution in [0, 0.1) is 5.92 Å². The maximum Gasteiger partial charge on any atom is 0.254 e. The van der Waals surface area contributed by atoms with E-state index < -0.39 is 0 Å². The summed E-state index contributed by atoms with van der Waals surface area (Å²) in [7, 11) is 0. The lowest BCUT2D eigenvalue weighted by Crippen LogP contribution is -2.48. The topological polar surface area (TPSA) is 64.0 Å².